The van der Waals surface area contributed by atoms with Crippen molar-refractivity contribution in [3.8, 4) is 17.0 Å². The van der Waals surface area contributed by atoms with Gasteiger partial charge in [0.15, 0.2) is 0 Å². The first-order chi connectivity index (χ1) is 10.2. The second-order valence-corrected chi connectivity index (χ2v) is 4.93. The van der Waals surface area contributed by atoms with Gasteiger partial charge in [0.2, 0.25) is 0 Å². The van der Waals surface area contributed by atoms with Gasteiger partial charge in [0.25, 0.3) is 0 Å². The summed E-state index contributed by atoms with van der Waals surface area (Å²) < 4.78 is 5.64. The first-order valence-electron chi connectivity index (χ1n) is 7.58. The van der Waals surface area contributed by atoms with Crippen LogP contribution in [0.3, 0.4) is 0 Å². The van der Waals surface area contributed by atoms with Crippen LogP contribution in [0, 0.1) is 0 Å². The molecule has 0 fully saturated rings. The lowest BCUT2D eigenvalue weighted by Gasteiger charge is -2.15. The monoisotopic (exact) mass is 285 g/mol. The zero-order valence-electron chi connectivity index (χ0n) is 13.0. The van der Waals surface area contributed by atoms with E-state index in [-0.39, 0.29) is 6.61 Å². The Morgan fingerprint density at radius 2 is 1.71 bits per heavy atom. The van der Waals surface area contributed by atoms with E-state index in [0.717, 1.165) is 29.8 Å². The van der Waals surface area contributed by atoms with E-state index >= 15 is 0 Å². The highest BCUT2D eigenvalue weighted by Crippen LogP contribution is 2.31. The number of benzene rings is 1. The van der Waals surface area contributed by atoms with Crippen molar-refractivity contribution in [2.45, 2.75) is 40.2 Å². The van der Waals surface area contributed by atoms with E-state index in [1.165, 1.54) is 16.7 Å². The van der Waals surface area contributed by atoms with Gasteiger partial charge in [-0.15, -0.1) is 0 Å². The maximum Gasteiger partial charge on any atom is 0.128 e. The van der Waals surface area contributed by atoms with Crippen LogP contribution in [0.25, 0.3) is 11.3 Å². The lowest BCUT2D eigenvalue weighted by Crippen LogP contribution is -2.01. The summed E-state index contributed by atoms with van der Waals surface area (Å²) >= 11 is 0. The Kier molecular flexibility index (Phi) is 5.34. The van der Waals surface area contributed by atoms with Crippen LogP contribution in [-0.2, 0) is 19.4 Å². The van der Waals surface area contributed by atoms with Gasteiger partial charge in [-0.25, -0.2) is 0 Å². The first-order valence-corrected chi connectivity index (χ1v) is 7.58. The summed E-state index contributed by atoms with van der Waals surface area (Å²) in [4.78, 5) is 4.54. The molecule has 0 aliphatic heterocycles. The van der Waals surface area contributed by atoms with Crippen molar-refractivity contribution in [1.82, 2.24) is 4.98 Å². The Hall–Kier alpha value is -1.87. The summed E-state index contributed by atoms with van der Waals surface area (Å²) in [5.74, 6) is 0.720. The van der Waals surface area contributed by atoms with Gasteiger partial charge in [-0.1, -0.05) is 32.0 Å². The Morgan fingerprint density at radius 3 is 2.24 bits per heavy atom. The second kappa shape index (κ2) is 7.23. The highest BCUT2D eigenvalue weighted by molar-refractivity contribution is 5.69. The molecule has 2 aromatic rings. The van der Waals surface area contributed by atoms with Gasteiger partial charge in [0.05, 0.1) is 18.9 Å². The number of rotatable bonds is 6. The lowest BCUT2D eigenvalue weighted by molar-refractivity contribution is 0.266. The van der Waals surface area contributed by atoms with Gasteiger partial charge >= 0.3 is 0 Å². The summed E-state index contributed by atoms with van der Waals surface area (Å²) in [5, 5.41) is 9.39. The predicted molar refractivity (Wildman–Crippen MR) is 85.5 cm³/mol. The topological polar surface area (TPSA) is 42.4 Å². The number of ether oxygens (including phenoxy) is 1. The quantitative estimate of drug-likeness (QED) is 0.878. The molecule has 0 aliphatic carbocycles. The fourth-order valence-corrected chi connectivity index (χ4v) is 2.58. The average Bonchev–Trinajstić information content (AvgIpc) is 2.54. The maximum absolute atomic E-state index is 9.39. The molecule has 112 valence electrons. The largest absolute Gasteiger partial charge is 0.493 e. The number of aliphatic hydroxyl groups excluding tert-OH is 1. The van der Waals surface area contributed by atoms with Crippen molar-refractivity contribution in [3.63, 3.8) is 0 Å². The summed E-state index contributed by atoms with van der Waals surface area (Å²) in [6, 6.07) is 8.35. The van der Waals surface area contributed by atoms with E-state index in [1.807, 2.05) is 13.0 Å². The Morgan fingerprint density at radius 1 is 1.05 bits per heavy atom. The molecule has 1 aromatic carbocycles. The third-order valence-electron chi connectivity index (χ3n) is 3.67. The van der Waals surface area contributed by atoms with E-state index in [9.17, 15) is 5.11 Å². The van der Waals surface area contributed by atoms with Gasteiger partial charge in [-0.3, -0.25) is 4.98 Å². The van der Waals surface area contributed by atoms with Crippen molar-refractivity contribution in [2.24, 2.45) is 0 Å². The molecule has 2 rings (SSSR count). The minimum atomic E-state index is -0.0569. The summed E-state index contributed by atoms with van der Waals surface area (Å²) in [6.07, 6.45) is 3.65. The second-order valence-electron chi connectivity index (χ2n) is 4.93. The van der Waals surface area contributed by atoms with Crippen LogP contribution in [-0.4, -0.2) is 16.7 Å². The molecule has 1 aromatic heterocycles. The number of aromatic nitrogens is 1. The number of aryl methyl sites for hydroxylation is 2. The number of hydrogen-bond acceptors (Lipinski definition) is 3. The Balaban J connectivity index is 2.58. The first kappa shape index (κ1) is 15.5. The molecular formula is C18H23NO2. The fraction of sp³-hybridized carbons (Fsp3) is 0.389. The molecule has 0 saturated heterocycles. The molecule has 0 amide bonds. The number of nitrogens with zero attached hydrogens (tertiary/aromatic N) is 1. The normalized spacial score (nSPS) is 10.7. The van der Waals surface area contributed by atoms with Crippen LogP contribution in [0.4, 0.5) is 0 Å². The molecule has 1 heterocycles. The summed E-state index contributed by atoms with van der Waals surface area (Å²) in [6.45, 7) is 6.78. The smallest absolute Gasteiger partial charge is 0.128 e. The Labute approximate surface area is 126 Å². The number of pyridine rings is 1. The number of hydrogen-bond donors (Lipinski definition) is 1. The lowest BCUT2D eigenvalue weighted by atomic mass is 9.94. The molecule has 21 heavy (non-hydrogen) atoms. The van der Waals surface area contributed by atoms with Gasteiger partial charge in [0, 0.05) is 23.4 Å². The van der Waals surface area contributed by atoms with E-state index in [4.69, 9.17) is 4.74 Å². The minimum Gasteiger partial charge on any atom is -0.493 e. The van der Waals surface area contributed by atoms with E-state index in [0.29, 0.717) is 6.61 Å². The SMILES string of the molecule is CCOc1cc(-c2c(CC)cccc2CC)ncc1CO. The molecule has 0 atom stereocenters. The van der Waals surface area contributed by atoms with Gasteiger partial charge in [-0.05, 0) is 30.9 Å². The van der Waals surface area contributed by atoms with Gasteiger partial charge in [0.1, 0.15) is 5.75 Å². The van der Waals surface area contributed by atoms with Crippen LogP contribution in [0.2, 0.25) is 0 Å². The standard InChI is InChI=1S/C18H23NO2/c1-4-13-8-7-9-14(5-2)18(13)16-10-17(21-6-3)15(12-20)11-19-16/h7-11,20H,4-6,12H2,1-3H3. The van der Waals surface area contributed by atoms with Crippen molar-refractivity contribution < 1.29 is 9.84 Å². The van der Waals surface area contributed by atoms with Crippen molar-refractivity contribution in [1.29, 1.82) is 0 Å². The molecule has 0 saturated carbocycles. The highest BCUT2D eigenvalue weighted by atomic mass is 16.5. The molecule has 0 spiro atoms. The Bertz CT molecular complexity index is 586. The molecule has 0 aliphatic rings. The van der Waals surface area contributed by atoms with Crippen molar-refractivity contribution in [2.75, 3.05) is 6.61 Å². The van der Waals surface area contributed by atoms with Crippen LogP contribution < -0.4 is 4.74 Å². The molecule has 3 nitrogen and oxygen atoms in total. The van der Waals surface area contributed by atoms with Crippen LogP contribution in [0.15, 0.2) is 30.5 Å². The molecule has 1 N–H and O–H groups in total. The summed E-state index contributed by atoms with van der Waals surface area (Å²) in [5.41, 5.74) is 5.44. The van der Waals surface area contributed by atoms with Crippen molar-refractivity contribution >= 4 is 0 Å². The number of aliphatic hydroxyl groups is 1. The fourth-order valence-electron chi connectivity index (χ4n) is 2.58. The van der Waals surface area contributed by atoms with Gasteiger partial charge < -0.3 is 9.84 Å². The molecule has 0 radical (unpaired) electrons. The van der Waals surface area contributed by atoms with E-state index < -0.39 is 0 Å². The molecule has 0 bridgehead atoms. The zero-order valence-corrected chi connectivity index (χ0v) is 13.0. The van der Waals surface area contributed by atoms with E-state index in [2.05, 4.69) is 37.0 Å². The van der Waals surface area contributed by atoms with Gasteiger partial charge in [-0.2, -0.15) is 0 Å². The van der Waals surface area contributed by atoms with Crippen LogP contribution in [0.5, 0.6) is 5.75 Å². The highest BCUT2D eigenvalue weighted by Gasteiger charge is 2.13. The van der Waals surface area contributed by atoms with Crippen molar-refractivity contribution in [3.05, 3.63) is 47.2 Å². The van der Waals surface area contributed by atoms with Crippen LogP contribution in [0.1, 0.15) is 37.5 Å². The third-order valence-corrected chi connectivity index (χ3v) is 3.67. The van der Waals surface area contributed by atoms with E-state index in [1.54, 1.807) is 6.20 Å². The molecule has 3 heteroatoms. The minimum absolute atomic E-state index is 0.0569. The maximum atomic E-state index is 9.39. The predicted octanol–water partition coefficient (Wildman–Crippen LogP) is 3.76. The third kappa shape index (κ3) is 3.24. The van der Waals surface area contributed by atoms with Crippen LogP contribution >= 0.6 is 0 Å². The molecule has 0 unspecified atom stereocenters. The zero-order chi connectivity index (χ0) is 15.2. The average molecular weight is 285 g/mol. The molecular weight excluding hydrogens is 262 g/mol. The summed E-state index contributed by atoms with van der Waals surface area (Å²) in [7, 11) is 0.